The molecule has 2 saturated carbocycles. The average molecular weight is 389 g/mol. The molecule has 1 aromatic rings. The zero-order chi connectivity index (χ0) is 19.8. The number of carbonyl (C=O) groups is 1. The van der Waals surface area contributed by atoms with Gasteiger partial charge in [0.15, 0.2) is 0 Å². The predicted octanol–water partition coefficient (Wildman–Crippen LogP) is 5.98. The van der Waals surface area contributed by atoms with E-state index in [1.54, 1.807) is 11.1 Å². The topological polar surface area (TPSA) is 26.3 Å². The van der Waals surface area contributed by atoms with E-state index in [0.717, 1.165) is 38.7 Å². The van der Waals surface area contributed by atoms with Gasteiger partial charge in [-0.15, -0.1) is 0 Å². The molecular formula is C27H32O2. The van der Waals surface area contributed by atoms with Crippen molar-refractivity contribution in [2.75, 3.05) is 6.61 Å². The first kappa shape index (κ1) is 18.0. The summed E-state index contributed by atoms with van der Waals surface area (Å²) in [5, 5.41) is 0. The Kier molecular flexibility index (Phi) is 3.78. The molecule has 29 heavy (non-hydrogen) atoms. The summed E-state index contributed by atoms with van der Waals surface area (Å²) in [7, 11) is 0. The Balaban J connectivity index is 1.54. The number of hydrogen-bond donors (Lipinski definition) is 0. The van der Waals surface area contributed by atoms with Crippen LogP contribution in [0.3, 0.4) is 0 Å². The van der Waals surface area contributed by atoms with Gasteiger partial charge in [-0.25, -0.2) is 0 Å². The van der Waals surface area contributed by atoms with Gasteiger partial charge in [-0.05, 0) is 85.5 Å². The number of fused-ring (bicyclic) bond motifs is 4. The van der Waals surface area contributed by atoms with Crippen molar-refractivity contribution in [1.29, 1.82) is 0 Å². The number of rotatable bonds is 2. The molecule has 2 nitrogen and oxygen atoms in total. The summed E-state index contributed by atoms with van der Waals surface area (Å²) in [4.78, 5) is 13.0. The van der Waals surface area contributed by atoms with Gasteiger partial charge in [0.1, 0.15) is 5.78 Å². The van der Waals surface area contributed by atoms with Crippen LogP contribution in [0.5, 0.6) is 0 Å². The highest BCUT2D eigenvalue weighted by molar-refractivity contribution is 5.87. The molecule has 6 atom stereocenters. The lowest BCUT2D eigenvalue weighted by Gasteiger charge is -2.62. The molecule has 1 aromatic carbocycles. The molecule has 0 bridgehead atoms. The van der Waals surface area contributed by atoms with Crippen molar-refractivity contribution in [2.45, 2.75) is 64.7 Å². The van der Waals surface area contributed by atoms with Crippen LogP contribution in [0.2, 0.25) is 0 Å². The quantitative estimate of drug-likeness (QED) is 0.623. The van der Waals surface area contributed by atoms with Crippen LogP contribution in [0.25, 0.3) is 0 Å². The van der Waals surface area contributed by atoms with E-state index in [1.165, 1.54) is 24.2 Å². The third kappa shape index (κ3) is 2.26. The van der Waals surface area contributed by atoms with Gasteiger partial charge in [0, 0.05) is 23.7 Å². The fraction of sp³-hybridized carbons (Fsp3) is 0.593. The van der Waals surface area contributed by atoms with Gasteiger partial charge >= 0.3 is 0 Å². The first-order valence-corrected chi connectivity index (χ1v) is 11.7. The van der Waals surface area contributed by atoms with Gasteiger partial charge in [-0.1, -0.05) is 37.3 Å². The van der Waals surface area contributed by atoms with Crippen LogP contribution >= 0.6 is 0 Å². The smallest absolute Gasteiger partial charge is 0.139 e. The van der Waals surface area contributed by atoms with E-state index in [4.69, 9.17) is 4.74 Å². The molecule has 152 valence electrons. The van der Waals surface area contributed by atoms with Crippen molar-refractivity contribution >= 4 is 5.78 Å². The van der Waals surface area contributed by atoms with Crippen LogP contribution in [-0.4, -0.2) is 12.4 Å². The van der Waals surface area contributed by atoms with E-state index in [2.05, 4.69) is 50.3 Å². The third-order valence-corrected chi connectivity index (χ3v) is 9.44. The van der Waals surface area contributed by atoms with Crippen LogP contribution in [0.15, 0.2) is 47.7 Å². The molecule has 0 heterocycles. The Morgan fingerprint density at radius 2 is 2.07 bits per heavy atom. The lowest BCUT2D eigenvalue weighted by atomic mass is 9.41. The summed E-state index contributed by atoms with van der Waals surface area (Å²) in [6, 6.07) is 9.14. The highest BCUT2D eigenvalue weighted by Gasteiger charge is 2.64. The number of carbonyl (C=O) groups excluding carboxylic acids is 1. The minimum Gasteiger partial charge on any atom is -0.498 e. The van der Waals surface area contributed by atoms with Crippen LogP contribution in [0.4, 0.5) is 0 Å². The molecule has 0 aromatic heterocycles. The van der Waals surface area contributed by atoms with Crippen LogP contribution < -0.4 is 0 Å². The Bertz CT molecular complexity index is 940. The fourth-order valence-electron chi connectivity index (χ4n) is 8.36. The van der Waals surface area contributed by atoms with Crippen molar-refractivity contribution < 1.29 is 9.53 Å². The Hall–Kier alpha value is -1.83. The second kappa shape index (κ2) is 6.09. The molecule has 5 aliphatic rings. The highest BCUT2D eigenvalue weighted by atomic mass is 16.5. The van der Waals surface area contributed by atoms with E-state index in [0.29, 0.717) is 29.5 Å². The van der Waals surface area contributed by atoms with Gasteiger partial charge < -0.3 is 4.74 Å². The van der Waals surface area contributed by atoms with Gasteiger partial charge in [0.05, 0.1) is 12.4 Å². The monoisotopic (exact) mass is 388 g/mol. The molecule has 2 unspecified atom stereocenters. The first-order chi connectivity index (χ1) is 14.1. The van der Waals surface area contributed by atoms with Crippen molar-refractivity contribution in [1.82, 2.24) is 0 Å². The van der Waals surface area contributed by atoms with Crippen LogP contribution in [0, 0.1) is 28.6 Å². The van der Waals surface area contributed by atoms with Gasteiger partial charge in [-0.3, -0.25) is 4.79 Å². The standard InChI is InChI=1S/C27H32O2/c1-3-29-19-12-13-27-15-17-6-4-5-7-20(17)22-16-26(2)23(10-11-24(26)28)21(25(22)27)9-8-18(27)14-19/h4-8,14,21-23,25H,3,9-13,15-16H2,1-2H3/t21-,22?,23-,25?,26-,27+/m0/s1. The van der Waals surface area contributed by atoms with E-state index in [-0.39, 0.29) is 10.8 Å². The number of allylic oxidation sites excluding steroid dienone is 4. The van der Waals surface area contributed by atoms with Gasteiger partial charge in [0.2, 0.25) is 0 Å². The fourth-order valence-corrected chi connectivity index (χ4v) is 8.36. The van der Waals surface area contributed by atoms with Crippen molar-refractivity contribution in [3.8, 4) is 0 Å². The second-order valence-electron chi connectivity index (χ2n) is 10.5. The summed E-state index contributed by atoms with van der Waals surface area (Å²) in [5.74, 6) is 4.16. The van der Waals surface area contributed by atoms with Crippen LogP contribution in [-0.2, 0) is 16.0 Å². The maximum absolute atomic E-state index is 13.0. The van der Waals surface area contributed by atoms with Crippen LogP contribution in [0.1, 0.15) is 69.4 Å². The average Bonchev–Trinajstić information content (AvgIpc) is 3.03. The number of ketones is 1. The second-order valence-corrected chi connectivity index (χ2v) is 10.5. The minimum absolute atomic E-state index is 0.107. The lowest BCUT2D eigenvalue weighted by Crippen LogP contribution is -2.56. The first-order valence-electron chi connectivity index (χ1n) is 11.7. The Morgan fingerprint density at radius 3 is 2.93 bits per heavy atom. The SMILES string of the molecule is CCOC1=CC2=CC[C@@H]3C4C(C[C@]5(C)C(=O)CC[C@@H]35)c3ccccc3C[C@]24CC1. The molecule has 0 saturated heterocycles. The predicted molar refractivity (Wildman–Crippen MR) is 114 cm³/mol. The lowest BCUT2D eigenvalue weighted by molar-refractivity contribution is -0.133. The van der Waals surface area contributed by atoms with E-state index in [1.807, 2.05) is 0 Å². The zero-order valence-corrected chi connectivity index (χ0v) is 17.7. The molecule has 2 heteroatoms. The normalized spacial score (nSPS) is 42.1. The molecule has 1 spiro atoms. The number of ether oxygens (including phenoxy) is 1. The highest BCUT2D eigenvalue weighted by Crippen LogP contribution is 2.70. The summed E-state index contributed by atoms with van der Waals surface area (Å²) < 4.78 is 5.95. The zero-order valence-electron chi connectivity index (χ0n) is 17.7. The molecule has 6 rings (SSSR count). The Labute approximate surface area is 174 Å². The van der Waals surface area contributed by atoms with Crippen molar-refractivity contribution in [3.05, 3.63) is 58.9 Å². The molecular weight excluding hydrogens is 356 g/mol. The van der Waals surface area contributed by atoms with Crippen molar-refractivity contribution in [3.63, 3.8) is 0 Å². The molecule has 0 aliphatic heterocycles. The molecule has 0 N–H and O–H groups in total. The minimum atomic E-state index is -0.107. The summed E-state index contributed by atoms with van der Waals surface area (Å²) in [6.45, 7) is 5.15. The molecule has 0 amide bonds. The molecule has 0 radical (unpaired) electrons. The van der Waals surface area contributed by atoms with E-state index in [9.17, 15) is 4.79 Å². The largest absolute Gasteiger partial charge is 0.498 e. The number of hydrogen-bond acceptors (Lipinski definition) is 2. The molecule has 2 fully saturated rings. The van der Waals surface area contributed by atoms with E-state index >= 15 is 0 Å². The number of benzene rings is 1. The van der Waals surface area contributed by atoms with Gasteiger partial charge in [0.25, 0.3) is 0 Å². The maximum Gasteiger partial charge on any atom is 0.139 e. The maximum atomic E-state index is 13.0. The third-order valence-electron chi connectivity index (χ3n) is 9.44. The van der Waals surface area contributed by atoms with E-state index < -0.39 is 0 Å². The van der Waals surface area contributed by atoms with Gasteiger partial charge in [-0.2, -0.15) is 0 Å². The summed E-state index contributed by atoms with van der Waals surface area (Å²) in [6.07, 6.45) is 12.5. The summed E-state index contributed by atoms with van der Waals surface area (Å²) in [5.41, 5.74) is 4.76. The summed E-state index contributed by atoms with van der Waals surface area (Å²) >= 11 is 0. The number of Topliss-reactive ketones (excluding diaryl/α,β-unsaturated/α-hetero) is 1. The Morgan fingerprint density at radius 1 is 1.21 bits per heavy atom. The molecule has 5 aliphatic carbocycles. The van der Waals surface area contributed by atoms with Crippen molar-refractivity contribution in [2.24, 2.45) is 28.6 Å².